The molecule has 0 atom stereocenters. The van der Waals surface area contributed by atoms with Crippen molar-refractivity contribution < 1.29 is 21.6 Å². The van der Waals surface area contributed by atoms with E-state index in [0.29, 0.717) is 30.2 Å². The van der Waals surface area contributed by atoms with Crippen LogP contribution in [0.2, 0.25) is 0 Å². The molecule has 1 N–H and O–H groups in total. The predicted octanol–water partition coefficient (Wildman–Crippen LogP) is 2.62. The highest BCUT2D eigenvalue weighted by Gasteiger charge is 2.27. The largest absolute Gasteiger partial charge is 0.405 e. The summed E-state index contributed by atoms with van der Waals surface area (Å²) in [5.74, 6) is 0.591. The van der Waals surface area contributed by atoms with E-state index in [4.69, 9.17) is 0 Å². The van der Waals surface area contributed by atoms with Gasteiger partial charge in [0.25, 0.3) is 0 Å². The van der Waals surface area contributed by atoms with Crippen LogP contribution in [0.5, 0.6) is 0 Å². The average Bonchev–Trinajstić information content (AvgIpc) is 2.95. The number of thioether (sulfide) groups is 1. The first-order chi connectivity index (χ1) is 13.5. The van der Waals surface area contributed by atoms with Gasteiger partial charge in [-0.2, -0.15) is 18.3 Å². The maximum atomic E-state index is 12.6. The molecule has 2 aromatic rings. The Hall–Kier alpha value is -1.95. The van der Waals surface area contributed by atoms with Crippen molar-refractivity contribution in [2.24, 2.45) is 7.05 Å². The molecular weight excluding hydrogens is 427 g/mol. The number of aromatic nitrogens is 3. The molecule has 12 heteroatoms. The Morgan fingerprint density at radius 3 is 2.48 bits per heavy atom. The Bertz CT molecular complexity index is 942. The molecule has 0 bridgehead atoms. The van der Waals surface area contributed by atoms with E-state index in [1.54, 1.807) is 10.7 Å². The summed E-state index contributed by atoms with van der Waals surface area (Å²) >= 11 is 1.44. The highest BCUT2D eigenvalue weighted by Crippen LogP contribution is 2.27. The fourth-order valence-corrected chi connectivity index (χ4v) is 4.91. The van der Waals surface area contributed by atoms with Gasteiger partial charge in [0.2, 0.25) is 0 Å². The molecule has 0 amide bonds. The van der Waals surface area contributed by atoms with Gasteiger partial charge in [-0.3, -0.25) is 4.68 Å². The van der Waals surface area contributed by atoms with Crippen molar-refractivity contribution in [3.63, 3.8) is 0 Å². The van der Waals surface area contributed by atoms with Crippen LogP contribution in [0.15, 0.2) is 23.2 Å². The van der Waals surface area contributed by atoms with Gasteiger partial charge >= 0.3 is 6.18 Å². The van der Waals surface area contributed by atoms with E-state index in [9.17, 15) is 21.6 Å². The quantitative estimate of drug-likeness (QED) is 0.679. The number of anilines is 2. The third kappa shape index (κ3) is 6.26. The summed E-state index contributed by atoms with van der Waals surface area (Å²) in [4.78, 5) is 6.15. The molecule has 0 aliphatic carbocycles. The Balaban J connectivity index is 1.79. The fourth-order valence-electron chi connectivity index (χ4n) is 2.83. The molecule has 3 rings (SSSR count). The van der Waals surface area contributed by atoms with Gasteiger partial charge in [0.15, 0.2) is 9.84 Å². The summed E-state index contributed by atoms with van der Waals surface area (Å²) in [6.45, 7) is 1.34. The van der Waals surface area contributed by atoms with Gasteiger partial charge in [0.1, 0.15) is 17.4 Å². The number of rotatable bonds is 6. The first kappa shape index (κ1) is 21.8. The third-order valence-electron chi connectivity index (χ3n) is 4.50. The van der Waals surface area contributed by atoms with E-state index in [-0.39, 0.29) is 17.3 Å². The minimum absolute atomic E-state index is 0.0257. The molecule has 0 radical (unpaired) electrons. The lowest BCUT2D eigenvalue weighted by Gasteiger charge is -2.29. The van der Waals surface area contributed by atoms with E-state index >= 15 is 0 Å². The molecule has 2 aromatic heterocycles. The summed E-state index contributed by atoms with van der Waals surface area (Å²) in [6.07, 6.45) is -4.36. The minimum atomic E-state index is -4.36. The van der Waals surface area contributed by atoms with Crippen molar-refractivity contribution in [1.82, 2.24) is 14.8 Å². The molecule has 1 aliphatic rings. The zero-order valence-electron chi connectivity index (χ0n) is 16.0. The van der Waals surface area contributed by atoms with Gasteiger partial charge in [-0.05, 0) is 19.1 Å². The highest BCUT2D eigenvalue weighted by molar-refractivity contribution is 7.98. The second-order valence-corrected chi connectivity index (χ2v) is 10.1. The lowest BCUT2D eigenvalue weighted by Crippen LogP contribution is -2.40. The van der Waals surface area contributed by atoms with Gasteiger partial charge in [-0.25, -0.2) is 13.4 Å². The van der Waals surface area contributed by atoms with Crippen molar-refractivity contribution in [1.29, 1.82) is 0 Å². The van der Waals surface area contributed by atoms with Crippen molar-refractivity contribution >= 4 is 33.1 Å². The second kappa shape index (κ2) is 8.42. The molecule has 1 saturated heterocycles. The van der Waals surface area contributed by atoms with Crippen molar-refractivity contribution in [3.8, 4) is 0 Å². The summed E-state index contributed by atoms with van der Waals surface area (Å²) in [7, 11) is -1.22. The second-order valence-electron chi connectivity index (χ2n) is 6.85. The van der Waals surface area contributed by atoms with Crippen LogP contribution in [-0.2, 0) is 22.6 Å². The van der Waals surface area contributed by atoms with Gasteiger partial charge in [0, 0.05) is 43.3 Å². The molecular formula is C17H22F3N5O2S2. The first-order valence-electron chi connectivity index (χ1n) is 8.91. The number of pyridine rings is 1. The summed E-state index contributed by atoms with van der Waals surface area (Å²) in [5, 5.41) is 7.47. The lowest BCUT2D eigenvalue weighted by molar-refractivity contribution is -0.115. The van der Waals surface area contributed by atoms with Gasteiger partial charge in [-0.15, -0.1) is 0 Å². The number of nitrogens with one attached hydrogen (secondary N) is 1. The van der Waals surface area contributed by atoms with Crippen LogP contribution in [0, 0.1) is 6.92 Å². The normalized spacial score (nSPS) is 16.8. The molecule has 3 heterocycles. The SMILES string of the molecule is Cc1cc(SCc2cc(N3CCS(=O)(=O)CC3)cc(NCC(F)(F)F)n2)nn1C. The summed E-state index contributed by atoms with van der Waals surface area (Å²) in [6, 6.07) is 5.25. The predicted molar refractivity (Wildman–Crippen MR) is 107 cm³/mol. The average molecular weight is 450 g/mol. The molecule has 0 saturated carbocycles. The van der Waals surface area contributed by atoms with Crippen molar-refractivity contribution in [2.75, 3.05) is 41.4 Å². The Kier molecular flexibility index (Phi) is 6.32. The van der Waals surface area contributed by atoms with Crippen LogP contribution < -0.4 is 10.2 Å². The third-order valence-corrected chi connectivity index (χ3v) is 7.05. The topological polar surface area (TPSA) is 80.1 Å². The van der Waals surface area contributed by atoms with Crippen LogP contribution in [0.1, 0.15) is 11.4 Å². The maximum absolute atomic E-state index is 12.6. The Labute approximate surface area is 171 Å². The molecule has 0 spiro atoms. The smallest absolute Gasteiger partial charge is 0.369 e. The van der Waals surface area contributed by atoms with Crippen LogP contribution in [0.25, 0.3) is 0 Å². The Morgan fingerprint density at radius 2 is 1.90 bits per heavy atom. The monoisotopic (exact) mass is 449 g/mol. The van der Waals surface area contributed by atoms with Crippen molar-refractivity contribution in [2.45, 2.75) is 23.9 Å². The number of sulfone groups is 1. The number of aryl methyl sites for hydroxylation is 2. The van der Waals surface area contributed by atoms with E-state index in [0.717, 1.165) is 10.7 Å². The molecule has 0 unspecified atom stereocenters. The number of nitrogens with zero attached hydrogens (tertiary/aromatic N) is 4. The lowest BCUT2D eigenvalue weighted by atomic mass is 10.2. The molecule has 29 heavy (non-hydrogen) atoms. The van der Waals surface area contributed by atoms with Crippen LogP contribution in [0.3, 0.4) is 0 Å². The van der Waals surface area contributed by atoms with Gasteiger partial charge in [-0.1, -0.05) is 11.8 Å². The van der Waals surface area contributed by atoms with Gasteiger partial charge < -0.3 is 10.2 Å². The van der Waals surface area contributed by atoms with Crippen LogP contribution in [-0.4, -0.2) is 60.5 Å². The molecule has 160 valence electrons. The van der Waals surface area contributed by atoms with E-state index in [2.05, 4.69) is 15.4 Å². The molecule has 1 fully saturated rings. The number of halogens is 3. The van der Waals surface area contributed by atoms with Crippen molar-refractivity contribution in [3.05, 3.63) is 29.6 Å². The maximum Gasteiger partial charge on any atom is 0.405 e. The fraction of sp³-hybridized carbons (Fsp3) is 0.529. The minimum Gasteiger partial charge on any atom is -0.369 e. The summed E-state index contributed by atoms with van der Waals surface area (Å²) < 4.78 is 62.9. The van der Waals surface area contributed by atoms with E-state index < -0.39 is 22.6 Å². The highest BCUT2D eigenvalue weighted by atomic mass is 32.2. The molecule has 1 aliphatic heterocycles. The van der Waals surface area contributed by atoms with E-state index in [1.165, 1.54) is 17.8 Å². The molecule has 0 aromatic carbocycles. The first-order valence-corrected chi connectivity index (χ1v) is 11.7. The summed E-state index contributed by atoms with van der Waals surface area (Å²) in [5.41, 5.74) is 2.25. The van der Waals surface area contributed by atoms with Gasteiger partial charge in [0.05, 0.1) is 17.2 Å². The number of hydrogen-bond donors (Lipinski definition) is 1. The van der Waals surface area contributed by atoms with E-state index in [1.807, 2.05) is 24.9 Å². The zero-order chi connectivity index (χ0) is 21.2. The number of hydrogen-bond acceptors (Lipinski definition) is 7. The standard InChI is InChI=1S/C17H22F3N5O2S2/c1-12-7-16(23-24(12)2)28-10-13-8-14(25-3-5-29(26,27)6-4-25)9-15(22-13)21-11-17(18,19)20/h7-9H,3-6,10-11H2,1-2H3,(H,21,22). The zero-order valence-corrected chi connectivity index (χ0v) is 17.7. The molecule has 7 nitrogen and oxygen atoms in total. The van der Waals surface area contributed by atoms with Crippen LogP contribution >= 0.6 is 11.8 Å². The van der Waals surface area contributed by atoms with Crippen LogP contribution in [0.4, 0.5) is 24.7 Å². The number of alkyl halides is 3. The Morgan fingerprint density at radius 1 is 1.21 bits per heavy atom.